The third-order valence-electron chi connectivity index (χ3n) is 13.8. The molecule has 360 valence electrons. The summed E-state index contributed by atoms with van der Waals surface area (Å²) < 4.78 is 147. The van der Waals surface area contributed by atoms with Gasteiger partial charge in [0.15, 0.2) is 0 Å². The van der Waals surface area contributed by atoms with Crippen molar-refractivity contribution in [3.05, 3.63) is 245 Å². The molecule has 0 atom stereocenters. The minimum atomic E-state index is -3.10. The number of benzene rings is 9. The molecule has 74 heavy (non-hydrogen) atoms. The van der Waals surface area contributed by atoms with Gasteiger partial charge in [0.2, 0.25) is 0 Å². The number of ether oxygens (including phenoxy) is 1. The normalized spacial score (nSPS) is 15.7. The molecule has 13 rings (SSSR count). The van der Waals surface area contributed by atoms with Gasteiger partial charge < -0.3 is 0 Å². The summed E-state index contributed by atoms with van der Waals surface area (Å²) in [6, 6.07) is 47.3. The van der Waals surface area contributed by atoms with E-state index in [1.807, 2.05) is 123 Å². The van der Waals surface area contributed by atoms with Crippen LogP contribution in [0.4, 0.5) is 11.5 Å². The second-order valence-corrected chi connectivity index (χ2v) is 20.2. The van der Waals surface area contributed by atoms with Gasteiger partial charge in [0.25, 0.3) is 0 Å². The molecule has 4 heterocycles. The fraction of sp³-hybridized carbons (Fsp3) is 0.0909. The number of rotatable bonds is 9. The second kappa shape index (κ2) is 18.0. The molecule has 0 aliphatic carbocycles. The van der Waals surface area contributed by atoms with E-state index >= 15 is 0 Å². The molecule has 0 N–H and O–H groups in total. The molecular formula is C66H52BN5OPt. The monoisotopic (exact) mass is 1150 g/mol. The van der Waals surface area contributed by atoms with Gasteiger partial charge in [0.05, 0.1) is 1.37 Å². The number of nitrogens with zero attached hydrogens (tertiary/aromatic N) is 5. The number of hydrogen-bond acceptors (Lipinski definition) is 3. The first-order valence-electron chi connectivity index (χ1n) is 31.6. The van der Waals surface area contributed by atoms with Crippen molar-refractivity contribution in [3.8, 4) is 56.4 Å². The summed E-state index contributed by atoms with van der Waals surface area (Å²) in [4.78, 5) is 7.24. The van der Waals surface area contributed by atoms with Crippen molar-refractivity contribution < 1.29 is 44.7 Å². The predicted molar refractivity (Wildman–Crippen MR) is 303 cm³/mol. The van der Waals surface area contributed by atoms with E-state index in [4.69, 9.17) is 26.2 Å². The summed E-state index contributed by atoms with van der Waals surface area (Å²) in [7, 11) is 0. The Balaban J connectivity index is 1.07. The van der Waals surface area contributed by atoms with Crippen molar-refractivity contribution in [2.24, 2.45) is 0 Å². The summed E-state index contributed by atoms with van der Waals surface area (Å²) in [6.45, 7) is -0.202. The van der Waals surface area contributed by atoms with E-state index in [1.54, 1.807) is 24.3 Å². The topological polar surface area (TPSA) is 40.1 Å². The molecule has 1 aliphatic heterocycles. The Morgan fingerprint density at radius 1 is 0.568 bits per heavy atom. The number of pyridine rings is 1. The maximum absolute atomic E-state index is 9.36. The maximum atomic E-state index is 9.36. The van der Waals surface area contributed by atoms with E-state index < -0.39 is 86.2 Å². The van der Waals surface area contributed by atoms with Crippen LogP contribution < -0.4 is 15.0 Å². The number of imidazole rings is 1. The van der Waals surface area contributed by atoms with E-state index in [-0.39, 0.29) is 39.6 Å². The van der Waals surface area contributed by atoms with Crippen LogP contribution in [0.5, 0.6) is 11.6 Å². The van der Waals surface area contributed by atoms with Crippen LogP contribution in [0.15, 0.2) is 224 Å². The molecule has 0 fully saturated rings. The van der Waals surface area contributed by atoms with Crippen LogP contribution in [0.2, 0.25) is 0 Å². The molecule has 8 heteroatoms. The Morgan fingerprint density at radius 3 is 2.05 bits per heavy atom. The molecule has 12 aromatic rings. The quantitative estimate of drug-likeness (QED) is 0.135. The van der Waals surface area contributed by atoms with Crippen molar-refractivity contribution in [2.75, 3.05) is 4.81 Å². The second-order valence-electron chi connectivity index (χ2n) is 19.2. The number of aryl methyl sites for hydroxylation is 1. The SMILES string of the molecule is [2H]c1c([2H])c([2H])c(-c2cccc(-c3cccc(C(C)(C)C)c3)c2-n2[c](=[Pt])n(-c3ccc(C([2H])([2H])[2H])c(Oc4nc(N5B(c6ccccc6)n6c7ccccc7c7cccc5c76)ccc4-c4c([2H])c([2H])c([2H])c([2H])c4C([2H])([2H])[2H])c3)c3ccccc32)c([2H])c1[2H]. The van der Waals surface area contributed by atoms with Crippen molar-refractivity contribution >= 4 is 56.8 Å². The number of hydrogen-bond donors (Lipinski definition) is 0. The molecule has 0 saturated heterocycles. The van der Waals surface area contributed by atoms with Crippen molar-refractivity contribution in [2.45, 2.75) is 39.9 Å². The molecule has 1 aliphatic rings. The minimum absolute atomic E-state index is 0.0176. The summed E-state index contributed by atoms with van der Waals surface area (Å²) in [6.07, 6.45) is 0. The Kier molecular flexibility index (Phi) is 7.82. The molecule has 9 aromatic carbocycles. The summed E-state index contributed by atoms with van der Waals surface area (Å²) in [5, 5.41) is 2.01. The standard InChI is InChI=1S/C66H52BN5O.Pt/c1-44-21-12-13-28-51(44)56-39-40-62(71-60-36-20-32-55-54-29-14-15-33-57(54)72(64(55)60)67(71)49-26-10-7-11-27-49)68-65(56)73-61-42-50(38-37-45(61)2)69-43-70(59-35-17-16-34-58(59)69)63-52(46-22-8-6-9-23-46)30-19-31-53(63)47-24-18-25-48(41-47)66(3,4)5;/h6-42H,1-5H3;/i1D3,2D3,6D,8D,9D,12D,13D,21D,22D,23D,28D;. The summed E-state index contributed by atoms with van der Waals surface area (Å²) in [5.41, 5.74) is 6.59. The van der Waals surface area contributed by atoms with E-state index in [0.717, 1.165) is 44.1 Å². The van der Waals surface area contributed by atoms with Gasteiger partial charge >= 0.3 is 381 Å². The Morgan fingerprint density at radius 2 is 1.26 bits per heavy atom. The number of para-hydroxylation sites is 5. The van der Waals surface area contributed by atoms with Crippen LogP contribution in [0.3, 0.4) is 0 Å². The van der Waals surface area contributed by atoms with E-state index in [2.05, 4.69) is 62.8 Å². The molecule has 0 amide bonds. The molecular weight excluding hydrogens is 1080 g/mol. The number of fused-ring (bicyclic) bond motifs is 4. The van der Waals surface area contributed by atoms with Gasteiger partial charge in [-0.15, -0.1) is 0 Å². The van der Waals surface area contributed by atoms with E-state index in [9.17, 15) is 4.11 Å². The van der Waals surface area contributed by atoms with Crippen LogP contribution in [0.25, 0.3) is 77.6 Å². The van der Waals surface area contributed by atoms with Crippen molar-refractivity contribution in [3.63, 3.8) is 0 Å². The molecule has 0 radical (unpaired) electrons. The fourth-order valence-corrected chi connectivity index (χ4v) is 11.5. The molecule has 0 unspecified atom stereocenters. The third kappa shape index (κ3) is 7.52. The van der Waals surface area contributed by atoms with Crippen LogP contribution in [-0.4, -0.2) is 25.6 Å². The predicted octanol–water partition coefficient (Wildman–Crippen LogP) is 16.1. The molecule has 0 saturated carbocycles. The van der Waals surface area contributed by atoms with Gasteiger partial charge in [-0.05, 0) is 6.07 Å². The summed E-state index contributed by atoms with van der Waals surface area (Å²) in [5.74, 6) is -0.336. The number of aromatic nitrogens is 4. The van der Waals surface area contributed by atoms with Crippen molar-refractivity contribution in [1.82, 2.24) is 18.6 Å². The third-order valence-corrected chi connectivity index (χ3v) is 14.8. The van der Waals surface area contributed by atoms with Gasteiger partial charge in [-0.3, -0.25) is 0 Å². The average Bonchev–Trinajstić information content (AvgIpc) is 1.56. The first kappa shape index (κ1) is 32.0. The van der Waals surface area contributed by atoms with E-state index in [0.29, 0.717) is 37.3 Å². The van der Waals surface area contributed by atoms with Gasteiger partial charge in [-0.1, -0.05) is 60.7 Å². The fourth-order valence-electron chi connectivity index (χ4n) is 10.4. The van der Waals surface area contributed by atoms with Crippen molar-refractivity contribution in [1.29, 1.82) is 0 Å². The van der Waals surface area contributed by atoms with Crippen LogP contribution in [-0.2, 0) is 24.8 Å². The average molecular weight is 1150 g/mol. The molecule has 6 nitrogen and oxygen atoms in total. The first-order chi connectivity index (χ1) is 42.3. The van der Waals surface area contributed by atoms with Crippen LogP contribution in [0, 0.1) is 17.5 Å². The molecule has 0 bridgehead atoms. The Bertz CT molecular complexity index is 4980. The van der Waals surface area contributed by atoms with E-state index in [1.165, 1.54) is 18.2 Å². The molecule has 0 spiro atoms. The summed E-state index contributed by atoms with van der Waals surface area (Å²) >= 11 is 2.17. The van der Waals surface area contributed by atoms with Gasteiger partial charge in [-0.2, -0.15) is 0 Å². The Labute approximate surface area is 464 Å². The molecule has 3 aromatic heterocycles. The zero-order valence-corrected chi connectivity index (χ0v) is 42.5. The van der Waals surface area contributed by atoms with Gasteiger partial charge in [0, 0.05) is 16.3 Å². The zero-order chi connectivity index (χ0) is 63.1. The van der Waals surface area contributed by atoms with Gasteiger partial charge in [-0.25, -0.2) is 0 Å². The van der Waals surface area contributed by atoms with Crippen LogP contribution in [0.1, 0.15) is 58.0 Å². The van der Waals surface area contributed by atoms with Crippen LogP contribution >= 0.6 is 0 Å². The Hall–Kier alpha value is -8.25. The number of anilines is 2. The first-order valence-corrected chi connectivity index (χ1v) is 25.2. The zero-order valence-electron chi connectivity index (χ0n) is 55.2. The van der Waals surface area contributed by atoms with Gasteiger partial charge in [0.1, 0.15) is 0 Å².